The molecule has 2 unspecified atom stereocenters. The summed E-state index contributed by atoms with van der Waals surface area (Å²) in [5.74, 6) is 0. The molecule has 2 nitrogen and oxygen atoms in total. The molecule has 2 N–H and O–H groups in total. The third-order valence-electron chi connectivity index (χ3n) is 4.21. The average molecular weight is 252 g/mol. The summed E-state index contributed by atoms with van der Waals surface area (Å²) in [5, 5.41) is 15.1. The second-order valence-corrected chi connectivity index (χ2v) is 5.95. The molecule has 2 aliphatic heterocycles. The van der Waals surface area contributed by atoms with Crippen LogP contribution in [0.1, 0.15) is 36.8 Å². The minimum absolute atomic E-state index is 0.471. The first-order valence-corrected chi connectivity index (χ1v) is 6.70. The van der Waals surface area contributed by atoms with Crippen molar-refractivity contribution >= 4 is 11.6 Å². The van der Waals surface area contributed by atoms with Crippen LogP contribution >= 0.6 is 11.6 Å². The number of fused-ring (bicyclic) bond motifs is 2. The molecule has 2 bridgehead atoms. The van der Waals surface area contributed by atoms with Crippen LogP contribution in [-0.2, 0) is 5.60 Å². The molecule has 3 rings (SSSR count). The zero-order valence-electron chi connectivity index (χ0n) is 10.0. The van der Waals surface area contributed by atoms with Crippen LogP contribution in [-0.4, -0.2) is 17.2 Å². The molecule has 2 fully saturated rings. The van der Waals surface area contributed by atoms with Crippen molar-refractivity contribution in [2.75, 3.05) is 0 Å². The van der Waals surface area contributed by atoms with Gasteiger partial charge in [-0.25, -0.2) is 0 Å². The molecule has 0 amide bonds. The molecule has 2 atom stereocenters. The lowest BCUT2D eigenvalue weighted by molar-refractivity contribution is -0.0114. The van der Waals surface area contributed by atoms with Gasteiger partial charge in [0.25, 0.3) is 0 Å². The van der Waals surface area contributed by atoms with Crippen molar-refractivity contribution in [3.8, 4) is 0 Å². The van der Waals surface area contributed by atoms with Crippen LogP contribution in [0.5, 0.6) is 0 Å². The van der Waals surface area contributed by atoms with Crippen LogP contribution in [0.3, 0.4) is 0 Å². The predicted octanol–water partition coefficient (Wildman–Crippen LogP) is 2.75. The van der Waals surface area contributed by atoms with E-state index in [1.807, 2.05) is 25.1 Å². The number of rotatable bonds is 1. The van der Waals surface area contributed by atoms with Crippen LogP contribution in [0.4, 0.5) is 0 Å². The van der Waals surface area contributed by atoms with Gasteiger partial charge in [0.1, 0.15) is 0 Å². The third kappa shape index (κ3) is 1.99. The van der Waals surface area contributed by atoms with Gasteiger partial charge >= 0.3 is 0 Å². The van der Waals surface area contributed by atoms with Crippen LogP contribution in [0.25, 0.3) is 0 Å². The van der Waals surface area contributed by atoms with E-state index >= 15 is 0 Å². The molecule has 0 spiro atoms. The summed E-state index contributed by atoms with van der Waals surface area (Å²) in [4.78, 5) is 0. The largest absolute Gasteiger partial charge is 0.385 e. The van der Waals surface area contributed by atoms with E-state index in [1.54, 1.807) is 0 Å². The van der Waals surface area contributed by atoms with E-state index in [2.05, 4.69) is 5.32 Å². The molecule has 17 heavy (non-hydrogen) atoms. The van der Waals surface area contributed by atoms with Gasteiger partial charge in [0, 0.05) is 17.1 Å². The summed E-state index contributed by atoms with van der Waals surface area (Å²) >= 11 is 6.16. The highest BCUT2D eigenvalue weighted by atomic mass is 35.5. The lowest BCUT2D eigenvalue weighted by Gasteiger charge is -2.37. The minimum atomic E-state index is -0.686. The first kappa shape index (κ1) is 11.5. The van der Waals surface area contributed by atoms with Crippen LogP contribution < -0.4 is 5.32 Å². The predicted molar refractivity (Wildman–Crippen MR) is 69.3 cm³/mol. The van der Waals surface area contributed by atoms with Crippen molar-refractivity contribution in [3.63, 3.8) is 0 Å². The molecule has 0 radical (unpaired) electrons. The van der Waals surface area contributed by atoms with E-state index in [9.17, 15) is 5.11 Å². The molecular weight excluding hydrogens is 234 g/mol. The standard InChI is InChI=1S/C14H18ClNO/c1-9-2-3-10(6-13(9)15)14(17)7-11-4-5-12(8-14)16-11/h2-3,6,11-12,16-17H,4-5,7-8H2,1H3. The highest BCUT2D eigenvalue weighted by molar-refractivity contribution is 6.31. The maximum atomic E-state index is 10.8. The maximum absolute atomic E-state index is 10.8. The van der Waals surface area contributed by atoms with Crippen molar-refractivity contribution in [2.45, 2.75) is 50.3 Å². The third-order valence-corrected chi connectivity index (χ3v) is 4.62. The van der Waals surface area contributed by atoms with Gasteiger partial charge in [-0.1, -0.05) is 23.7 Å². The molecule has 1 aromatic carbocycles. The van der Waals surface area contributed by atoms with Crippen LogP contribution in [0.15, 0.2) is 18.2 Å². The number of hydrogen-bond donors (Lipinski definition) is 2. The van der Waals surface area contributed by atoms with Crippen molar-refractivity contribution in [2.24, 2.45) is 0 Å². The first-order chi connectivity index (χ1) is 8.07. The maximum Gasteiger partial charge on any atom is 0.0926 e. The van der Waals surface area contributed by atoms with Crippen molar-refractivity contribution in [3.05, 3.63) is 34.3 Å². The Kier molecular flexibility index (Phi) is 2.69. The Morgan fingerprint density at radius 1 is 1.29 bits per heavy atom. The van der Waals surface area contributed by atoms with Gasteiger partial charge in [0.2, 0.25) is 0 Å². The number of aliphatic hydroxyl groups is 1. The normalized spacial score (nSPS) is 36.2. The summed E-state index contributed by atoms with van der Waals surface area (Å²) in [6, 6.07) is 6.89. The first-order valence-electron chi connectivity index (χ1n) is 6.32. The quantitative estimate of drug-likeness (QED) is 0.805. The van der Waals surface area contributed by atoms with Gasteiger partial charge in [0.05, 0.1) is 5.60 Å². The van der Waals surface area contributed by atoms with E-state index in [1.165, 1.54) is 12.8 Å². The zero-order valence-corrected chi connectivity index (χ0v) is 10.8. The van der Waals surface area contributed by atoms with E-state index in [0.29, 0.717) is 12.1 Å². The Morgan fingerprint density at radius 2 is 1.94 bits per heavy atom. The van der Waals surface area contributed by atoms with Crippen LogP contribution in [0, 0.1) is 6.92 Å². The molecule has 2 heterocycles. The molecular formula is C14H18ClNO. The molecule has 1 aromatic rings. The topological polar surface area (TPSA) is 32.3 Å². The Hall–Kier alpha value is -0.570. The highest BCUT2D eigenvalue weighted by Crippen LogP contribution is 2.41. The minimum Gasteiger partial charge on any atom is -0.385 e. The number of aryl methyl sites for hydroxylation is 1. The molecule has 2 saturated heterocycles. The Bertz CT molecular complexity index is 434. The number of halogens is 1. The molecule has 2 aliphatic rings. The van der Waals surface area contributed by atoms with Crippen molar-refractivity contribution in [1.29, 1.82) is 0 Å². The summed E-state index contributed by atoms with van der Waals surface area (Å²) in [6.45, 7) is 1.99. The van der Waals surface area contributed by atoms with Gasteiger partial charge in [0.15, 0.2) is 0 Å². The molecule has 0 saturated carbocycles. The fraction of sp³-hybridized carbons (Fsp3) is 0.571. The second kappa shape index (κ2) is 3.98. The summed E-state index contributed by atoms with van der Waals surface area (Å²) in [5.41, 5.74) is 1.36. The fourth-order valence-electron chi connectivity index (χ4n) is 3.24. The highest BCUT2D eigenvalue weighted by Gasteiger charge is 2.43. The van der Waals surface area contributed by atoms with E-state index in [4.69, 9.17) is 11.6 Å². The second-order valence-electron chi connectivity index (χ2n) is 5.54. The molecule has 0 aromatic heterocycles. The van der Waals surface area contributed by atoms with Crippen molar-refractivity contribution in [1.82, 2.24) is 5.32 Å². The van der Waals surface area contributed by atoms with Crippen LogP contribution in [0.2, 0.25) is 5.02 Å². The zero-order chi connectivity index (χ0) is 12.0. The lowest BCUT2D eigenvalue weighted by Crippen LogP contribution is -2.46. The number of hydrogen-bond acceptors (Lipinski definition) is 2. The number of piperidine rings is 1. The smallest absolute Gasteiger partial charge is 0.0926 e. The van der Waals surface area contributed by atoms with Gasteiger partial charge in [-0.2, -0.15) is 0 Å². The summed E-state index contributed by atoms with van der Waals surface area (Å²) < 4.78 is 0. The Labute approximate surface area is 107 Å². The Morgan fingerprint density at radius 3 is 2.53 bits per heavy atom. The monoisotopic (exact) mass is 251 g/mol. The van der Waals surface area contributed by atoms with E-state index < -0.39 is 5.60 Å². The van der Waals surface area contributed by atoms with Gasteiger partial charge in [-0.3, -0.25) is 0 Å². The van der Waals surface area contributed by atoms with E-state index in [-0.39, 0.29) is 0 Å². The summed E-state index contributed by atoms with van der Waals surface area (Å²) in [7, 11) is 0. The van der Waals surface area contributed by atoms with Gasteiger partial charge in [-0.15, -0.1) is 0 Å². The average Bonchev–Trinajstić information content (AvgIpc) is 2.62. The molecule has 92 valence electrons. The SMILES string of the molecule is Cc1ccc(C2(O)CC3CCC(C2)N3)cc1Cl. The molecule has 3 heteroatoms. The Balaban J connectivity index is 1.94. The van der Waals surface area contributed by atoms with Gasteiger partial charge < -0.3 is 10.4 Å². The lowest BCUT2D eigenvalue weighted by atomic mass is 9.81. The molecule has 0 aliphatic carbocycles. The van der Waals surface area contributed by atoms with Crippen molar-refractivity contribution < 1.29 is 5.11 Å². The fourth-order valence-corrected chi connectivity index (χ4v) is 3.42. The number of nitrogens with one attached hydrogen (secondary N) is 1. The summed E-state index contributed by atoms with van der Waals surface area (Å²) in [6.07, 6.45) is 3.99. The van der Waals surface area contributed by atoms with E-state index in [0.717, 1.165) is 29.0 Å². The van der Waals surface area contributed by atoms with Gasteiger partial charge in [-0.05, 0) is 49.8 Å². The number of benzene rings is 1.